The molecule has 1 rings (SSSR count). The van der Waals surface area contributed by atoms with Gasteiger partial charge < -0.3 is 33.2 Å². The van der Waals surface area contributed by atoms with Crippen molar-refractivity contribution in [3.8, 4) is 0 Å². The molecule has 1 saturated heterocycles. The number of hydrogen-bond acceptors (Lipinski definition) is 14. The molecule has 0 aromatic heterocycles. The average Bonchev–Trinajstić information content (AvgIpc) is 2.87. The fourth-order valence-corrected chi connectivity index (χ4v) is 3.48. The van der Waals surface area contributed by atoms with Gasteiger partial charge in [0.2, 0.25) is 5.96 Å². The van der Waals surface area contributed by atoms with Crippen LogP contribution >= 0.6 is 0 Å². The molecule has 0 saturated carbocycles. The molecule has 0 aliphatic carbocycles. The Morgan fingerprint density at radius 3 is 1.56 bits per heavy atom. The molecule has 18 heteroatoms. The number of esters is 1. The number of nitrogens with one attached hydrogen (secondary N) is 3. The number of ether oxygens (including phenoxy) is 7. The number of amidine groups is 1. The maximum Gasteiger partial charge on any atom is 0.508 e. The summed E-state index contributed by atoms with van der Waals surface area (Å²) in [6.45, 7) is 20.0. The summed E-state index contributed by atoms with van der Waals surface area (Å²) in [7, 11) is 0. The number of aliphatic imine (C=N–C) groups is 2. The highest BCUT2D eigenvalue weighted by molar-refractivity contribution is 6.01. The molecular weight excluding hydrogens is 662 g/mol. The molecule has 1 aliphatic heterocycles. The van der Waals surface area contributed by atoms with Crippen molar-refractivity contribution in [3.05, 3.63) is 0 Å². The van der Waals surface area contributed by atoms with Gasteiger partial charge in [-0.3, -0.25) is 20.7 Å². The number of hydrogen-bond donors (Lipinski definition) is 3. The molecule has 0 spiro atoms. The Balaban J connectivity index is 3.47. The summed E-state index contributed by atoms with van der Waals surface area (Å²) in [5, 5.41) is 7.09. The molecular formula is C32H53N5O13. The first-order valence-corrected chi connectivity index (χ1v) is 15.9. The molecule has 284 valence electrons. The van der Waals surface area contributed by atoms with Crippen LogP contribution in [0.4, 0.5) is 24.0 Å². The molecule has 50 heavy (non-hydrogen) atoms. The number of nitrogens with zero attached hydrogens (tertiary/aromatic N) is 2. The summed E-state index contributed by atoms with van der Waals surface area (Å²) in [6, 6.07) is 0. The van der Waals surface area contributed by atoms with E-state index in [-0.39, 0.29) is 31.9 Å². The van der Waals surface area contributed by atoms with E-state index < -0.39 is 82.9 Å². The predicted octanol–water partition coefficient (Wildman–Crippen LogP) is 5.12. The highest BCUT2D eigenvalue weighted by Gasteiger charge is 2.43. The molecule has 1 aliphatic rings. The monoisotopic (exact) mass is 715 g/mol. The van der Waals surface area contributed by atoms with Crippen LogP contribution < -0.4 is 16.0 Å². The van der Waals surface area contributed by atoms with Crippen molar-refractivity contribution >= 4 is 48.3 Å². The van der Waals surface area contributed by atoms with Crippen molar-refractivity contribution in [2.24, 2.45) is 15.4 Å². The SMILES string of the molecule is CC(C)(C)OC(=O)N=C(CCC(CN=C(NC(=O)OC(C)(C)C)NC(=O)OC(C)(C)C)OC(=O)C1(C)COC(=O)OC1)NC(=O)OC(C)(C)C. The lowest BCUT2D eigenvalue weighted by Gasteiger charge is -2.31. The van der Waals surface area contributed by atoms with Crippen LogP contribution in [0.1, 0.15) is 103 Å². The lowest BCUT2D eigenvalue weighted by Crippen LogP contribution is -2.48. The first-order chi connectivity index (χ1) is 22.5. The summed E-state index contributed by atoms with van der Waals surface area (Å²) in [5.41, 5.74) is -4.97. The standard InChI is InChI=1S/C32H53N5O13/c1-28(2,3)47-23(39)34-20(35-24(40)48-29(4,5)6)15-14-19(46-21(38)32(13)17-44-27(43)45-18-32)16-33-22(36-25(41)49-30(7,8)9)37-26(42)50-31(10,11)12/h19H,14-18H2,1-13H3,(H,34,35,39,40)(H2,33,36,37,41,42). The predicted molar refractivity (Wildman–Crippen MR) is 179 cm³/mol. The third-order valence-corrected chi connectivity index (χ3v) is 5.44. The number of cyclic esters (lactones) is 2. The Morgan fingerprint density at radius 1 is 0.720 bits per heavy atom. The van der Waals surface area contributed by atoms with Gasteiger partial charge in [0.05, 0.1) is 6.54 Å². The van der Waals surface area contributed by atoms with E-state index in [4.69, 9.17) is 33.2 Å². The lowest BCUT2D eigenvalue weighted by atomic mass is 9.92. The summed E-state index contributed by atoms with van der Waals surface area (Å²) >= 11 is 0. The zero-order chi connectivity index (χ0) is 38.7. The van der Waals surface area contributed by atoms with Gasteiger partial charge in [0, 0.05) is 6.42 Å². The summed E-state index contributed by atoms with van der Waals surface area (Å²) in [4.78, 5) is 83.3. The van der Waals surface area contributed by atoms with Crippen LogP contribution in [0.3, 0.4) is 0 Å². The fraction of sp³-hybridized carbons (Fsp3) is 0.750. The molecule has 1 unspecified atom stereocenters. The number of guanidine groups is 1. The molecule has 0 bridgehead atoms. The topological polar surface area (TPSA) is 228 Å². The van der Waals surface area contributed by atoms with Crippen LogP contribution in [-0.4, -0.2) is 96.6 Å². The van der Waals surface area contributed by atoms with Gasteiger partial charge in [0.1, 0.15) is 53.0 Å². The zero-order valence-electron chi connectivity index (χ0n) is 31.3. The van der Waals surface area contributed by atoms with E-state index in [0.29, 0.717) is 0 Å². The molecule has 1 heterocycles. The highest BCUT2D eigenvalue weighted by Crippen LogP contribution is 2.25. The van der Waals surface area contributed by atoms with Crippen LogP contribution in [0.25, 0.3) is 0 Å². The van der Waals surface area contributed by atoms with Crippen LogP contribution in [-0.2, 0) is 38.0 Å². The third kappa shape index (κ3) is 19.4. The summed E-state index contributed by atoms with van der Waals surface area (Å²) < 4.78 is 36.6. The zero-order valence-corrected chi connectivity index (χ0v) is 31.3. The van der Waals surface area contributed by atoms with Gasteiger partial charge in [-0.05, 0) is 96.4 Å². The van der Waals surface area contributed by atoms with Crippen molar-refractivity contribution in [2.75, 3.05) is 19.8 Å². The minimum Gasteiger partial charge on any atom is -0.460 e. The quantitative estimate of drug-likeness (QED) is 0.135. The van der Waals surface area contributed by atoms with Crippen LogP contribution in [0.2, 0.25) is 0 Å². The second-order valence-electron chi connectivity index (χ2n) is 15.6. The van der Waals surface area contributed by atoms with Gasteiger partial charge in [-0.15, -0.1) is 0 Å². The van der Waals surface area contributed by atoms with Gasteiger partial charge in [-0.1, -0.05) is 0 Å². The molecule has 0 radical (unpaired) electrons. The van der Waals surface area contributed by atoms with Crippen molar-refractivity contribution in [1.82, 2.24) is 16.0 Å². The number of carbonyl (C=O) groups is 6. The number of rotatable bonds is 7. The van der Waals surface area contributed by atoms with Gasteiger partial charge in [-0.25, -0.2) is 29.0 Å². The average molecular weight is 716 g/mol. The van der Waals surface area contributed by atoms with E-state index in [1.165, 1.54) is 6.92 Å². The Hall–Kier alpha value is -4.64. The van der Waals surface area contributed by atoms with Crippen molar-refractivity contribution in [1.29, 1.82) is 0 Å². The van der Waals surface area contributed by atoms with E-state index in [1.807, 2.05) is 0 Å². The van der Waals surface area contributed by atoms with Gasteiger partial charge >= 0.3 is 36.5 Å². The second kappa shape index (κ2) is 17.3. The smallest absolute Gasteiger partial charge is 0.460 e. The largest absolute Gasteiger partial charge is 0.508 e. The minimum atomic E-state index is -1.40. The Labute approximate surface area is 292 Å². The Morgan fingerprint density at radius 2 is 1.14 bits per heavy atom. The molecule has 18 nitrogen and oxygen atoms in total. The molecule has 0 aromatic carbocycles. The Kier molecular flexibility index (Phi) is 15.0. The van der Waals surface area contributed by atoms with Crippen molar-refractivity contribution in [2.45, 2.75) is 131 Å². The first-order valence-electron chi connectivity index (χ1n) is 15.9. The third-order valence-electron chi connectivity index (χ3n) is 5.44. The van der Waals surface area contributed by atoms with E-state index in [2.05, 4.69) is 25.9 Å². The molecule has 1 atom stereocenters. The first kappa shape index (κ1) is 43.4. The molecule has 0 aromatic rings. The number of alkyl carbamates (subject to hydrolysis) is 3. The molecule has 3 N–H and O–H groups in total. The van der Waals surface area contributed by atoms with Crippen LogP contribution in [0.15, 0.2) is 9.98 Å². The maximum atomic E-state index is 13.3. The second-order valence-corrected chi connectivity index (χ2v) is 15.6. The normalized spacial score (nSPS) is 15.5. The van der Waals surface area contributed by atoms with Crippen molar-refractivity contribution < 1.29 is 61.9 Å². The van der Waals surface area contributed by atoms with E-state index in [9.17, 15) is 28.8 Å². The summed E-state index contributed by atoms with van der Waals surface area (Å²) in [6.07, 6.45) is -6.25. The maximum absolute atomic E-state index is 13.3. The van der Waals surface area contributed by atoms with Gasteiger partial charge in [0.15, 0.2) is 0 Å². The molecule has 4 amide bonds. The molecule has 1 fully saturated rings. The van der Waals surface area contributed by atoms with Crippen LogP contribution in [0.5, 0.6) is 0 Å². The van der Waals surface area contributed by atoms with Gasteiger partial charge in [0.25, 0.3) is 0 Å². The Bertz CT molecular complexity index is 1270. The summed E-state index contributed by atoms with van der Waals surface area (Å²) in [5.74, 6) is -1.42. The number of amides is 4. The van der Waals surface area contributed by atoms with E-state index in [1.54, 1.807) is 83.1 Å². The minimum absolute atomic E-state index is 0.129. The lowest BCUT2D eigenvalue weighted by molar-refractivity contribution is -0.171. The highest BCUT2D eigenvalue weighted by atomic mass is 16.7. The van der Waals surface area contributed by atoms with Crippen molar-refractivity contribution in [3.63, 3.8) is 0 Å². The van der Waals surface area contributed by atoms with Crippen LogP contribution in [0, 0.1) is 5.41 Å². The number of carbonyl (C=O) groups excluding carboxylic acids is 6. The van der Waals surface area contributed by atoms with E-state index >= 15 is 0 Å². The fourth-order valence-electron chi connectivity index (χ4n) is 3.48. The van der Waals surface area contributed by atoms with Gasteiger partial charge in [-0.2, -0.15) is 4.99 Å². The van der Waals surface area contributed by atoms with E-state index in [0.717, 1.165) is 0 Å².